The van der Waals surface area contributed by atoms with E-state index in [2.05, 4.69) is 15.3 Å². The van der Waals surface area contributed by atoms with Crippen LogP contribution in [-0.2, 0) is 6.42 Å². The van der Waals surface area contributed by atoms with E-state index in [1.165, 1.54) is 0 Å². The Morgan fingerprint density at radius 1 is 1.18 bits per heavy atom. The van der Waals surface area contributed by atoms with E-state index in [0.717, 1.165) is 35.2 Å². The van der Waals surface area contributed by atoms with Crippen LogP contribution in [0.5, 0.6) is 0 Å². The van der Waals surface area contributed by atoms with Crippen molar-refractivity contribution in [1.29, 1.82) is 0 Å². The van der Waals surface area contributed by atoms with Crippen LogP contribution in [0.3, 0.4) is 0 Å². The fourth-order valence-electron chi connectivity index (χ4n) is 1.55. The minimum absolute atomic E-state index is 0.719. The number of hydrogen-bond acceptors (Lipinski definition) is 3. The predicted octanol–water partition coefficient (Wildman–Crippen LogP) is 3.15. The van der Waals surface area contributed by atoms with Gasteiger partial charge in [-0.05, 0) is 30.7 Å². The summed E-state index contributed by atoms with van der Waals surface area (Å²) in [5.74, 6) is 1.68. The van der Waals surface area contributed by atoms with Crippen molar-refractivity contribution >= 4 is 17.4 Å². The van der Waals surface area contributed by atoms with Crippen LogP contribution in [0.1, 0.15) is 18.3 Å². The molecule has 0 aliphatic carbocycles. The second-order valence-electron chi connectivity index (χ2n) is 3.69. The van der Waals surface area contributed by atoms with Gasteiger partial charge in [-0.25, -0.2) is 9.97 Å². The average Bonchev–Trinajstić information content (AvgIpc) is 2.33. The number of aromatic nitrogens is 2. The third-order valence-electron chi connectivity index (χ3n) is 2.34. The molecule has 2 rings (SSSR count). The highest BCUT2D eigenvalue weighted by atomic mass is 35.5. The molecule has 0 unspecified atom stereocenters. The molecule has 0 radical (unpaired) electrons. The van der Waals surface area contributed by atoms with Crippen LogP contribution in [0, 0.1) is 0 Å². The molecule has 0 fully saturated rings. The Morgan fingerprint density at radius 3 is 2.65 bits per heavy atom. The van der Waals surface area contributed by atoms with Crippen molar-refractivity contribution in [2.24, 2.45) is 0 Å². The Hall–Kier alpha value is -1.61. The largest absolute Gasteiger partial charge is 0.370 e. The van der Waals surface area contributed by atoms with E-state index >= 15 is 0 Å². The number of nitrogens with one attached hydrogen (secondary N) is 1. The molecule has 4 heteroatoms. The fourth-order valence-corrected chi connectivity index (χ4v) is 1.67. The number of anilines is 1. The molecule has 1 aromatic carbocycles. The van der Waals surface area contributed by atoms with Crippen molar-refractivity contribution in [1.82, 2.24) is 9.97 Å². The van der Waals surface area contributed by atoms with Crippen molar-refractivity contribution in [3.63, 3.8) is 0 Å². The molecular formula is C13H14ClN3. The van der Waals surface area contributed by atoms with Gasteiger partial charge in [0, 0.05) is 24.2 Å². The van der Waals surface area contributed by atoms with Gasteiger partial charge in [0.2, 0.25) is 0 Å². The second-order valence-corrected chi connectivity index (χ2v) is 4.13. The summed E-state index contributed by atoms with van der Waals surface area (Å²) >= 11 is 5.84. The van der Waals surface area contributed by atoms with Gasteiger partial charge in [0.1, 0.15) is 11.6 Å². The number of halogens is 1. The Bertz CT molecular complexity index is 482. The highest BCUT2D eigenvalue weighted by molar-refractivity contribution is 6.30. The van der Waals surface area contributed by atoms with Gasteiger partial charge in [0.05, 0.1) is 0 Å². The van der Waals surface area contributed by atoms with Crippen LogP contribution >= 0.6 is 11.6 Å². The first kappa shape index (κ1) is 11.9. The monoisotopic (exact) mass is 247 g/mol. The number of rotatable bonds is 4. The van der Waals surface area contributed by atoms with E-state index in [1.54, 1.807) is 6.20 Å². The van der Waals surface area contributed by atoms with Gasteiger partial charge in [-0.2, -0.15) is 0 Å². The molecule has 88 valence electrons. The molecule has 0 saturated heterocycles. The van der Waals surface area contributed by atoms with Crippen LogP contribution in [0.4, 0.5) is 5.82 Å². The molecule has 2 aromatic rings. The van der Waals surface area contributed by atoms with Crippen molar-refractivity contribution in [2.75, 3.05) is 11.9 Å². The smallest absolute Gasteiger partial charge is 0.135 e. The van der Waals surface area contributed by atoms with Crippen LogP contribution in [0.15, 0.2) is 36.5 Å². The molecule has 0 aliphatic rings. The normalized spacial score (nSPS) is 10.2. The van der Waals surface area contributed by atoms with Gasteiger partial charge in [0.25, 0.3) is 0 Å². The molecule has 1 heterocycles. The molecule has 17 heavy (non-hydrogen) atoms. The van der Waals surface area contributed by atoms with E-state index in [-0.39, 0.29) is 0 Å². The first-order chi connectivity index (χ1) is 8.28. The molecule has 3 nitrogen and oxygen atoms in total. The molecular weight excluding hydrogens is 234 g/mol. The van der Waals surface area contributed by atoms with Crippen molar-refractivity contribution in [3.8, 4) is 0 Å². The maximum atomic E-state index is 5.84. The van der Waals surface area contributed by atoms with Crippen LogP contribution in [-0.4, -0.2) is 16.5 Å². The zero-order valence-electron chi connectivity index (χ0n) is 9.65. The number of hydrogen-bond donors (Lipinski definition) is 1. The maximum absolute atomic E-state index is 5.84. The predicted molar refractivity (Wildman–Crippen MR) is 70.5 cm³/mol. The Labute approximate surface area is 106 Å². The van der Waals surface area contributed by atoms with Crippen molar-refractivity contribution < 1.29 is 0 Å². The Balaban J connectivity index is 2.12. The van der Waals surface area contributed by atoms with Gasteiger partial charge in [-0.3, -0.25) is 0 Å². The average molecular weight is 248 g/mol. The van der Waals surface area contributed by atoms with Crippen LogP contribution < -0.4 is 5.32 Å². The highest BCUT2D eigenvalue weighted by Crippen LogP contribution is 2.12. The summed E-state index contributed by atoms with van der Waals surface area (Å²) in [5.41, 5.74) is 1.16. The molecule has 0 amide bonds. The van der Waals surface area contributed by atoms with Gasteiger partial charge < -0.3 is 5.32 Å². The van der Waals surface area contributed by atoms with E-state index in [9.17, 15) is 0 Å². The standard InChI is InChI=1S/C13H14ClN3/c1-2-15-12-7-8-16-13(17-12)9-10-3-5-11(14)6-4-10/h3-8H,2,9H2,1H3,(H,15,16,17). The highest BCUT2D eigenvalue weighted by Gasteiger charge is 2.00. The van der Waals surface area contributed by atoms with E-state index in [0.29, 0.717) is 0 Å². The molecule has 0 spiro atoms. The maximum Gasteiger partial charge on any atom is 0.135 e. The molecule has 0 aliphatic heterocycles. The summed E-state index contributed by atoms with van der Waals surface area (Å²) in [6.45, 7) is 2.90. The Morgan fingerprint density at radius 2 is 1.94 bits per heavy atom. The zero-order chi connectivity index (χ0) is 12.1. The van der Waals surface area contributed by atoms with Gasteiger partial charge in [0.15, 0.2) is 0 Å². The minimum atomic E-state index is 0.719. The lowest BCUT2D eigenvalue weighted by Crippen LogP contribution is -2.03. The number of benzene rings is 1. The Kier molecular flexibility index (Phi) is 3.94. The van der Waals surface area contributed by atoms with Crippen LogP contribution in [0.25, 0.3) is 0 Å². The lowest BCUT2D eigenvalue weighted by Gasteiger charge is -2.04. The lowest BCUT2D eigenvalue weighted by atomic mass is 10.1. The molecule has 0 saturated carbocycles. The summed E-state index contributed by atoms with van der Waals surface area (Å²) in [7, 11) is 0. The first-order valence-electron chi connectivity index (χ1n) is 5.58. The molecule has 0 atom stereocenters. The van der Waals surface area contributed by atoms with Crippen molar-refractivity contribution in [3.05, 3.63) is 52.9 Å². The molecule has 1 N–H and O–H groups in total. The lowest BCUT2D eigenvalue weighted by molar-refractivity contribution is 0.962. The van der Waals surface area contributed by atoms with E-state index in [1.807, 2.05) is 37.3 Å². The number of nitrogens with zero attached hydrogens (tertiary/aromatic N) is 2. The molecule has 1 aromatic heterocycles. The summed E-state index contributed by atoms with van der Waals surface area (Å²) < 4.78 is 0. The van der Waals surface area contributed by atoms with Gasteiger partial charge in [-0.15, -0.1) is 0 Å². The minimum Gasteiger partial charge on any atom is -0.370 e. The van der Waals surface area contributed by atoms with Crippen LogP contribution in [0.2, 0.25) is 5.02 Å². The van der Waals surface area contributed by atoms with E-state index < -0.39 is 0 Å². The second kappa shape index (κ2) is 5.64. The summed E-state index contributed by atoms with van der Waals surface area (Å²) in [4.78, 5) is 8.68. The molecule has 0 bridgehead atoms. The van der Waals surface area contributed by atoms with Crippen molar-refractivity contribution in [2.45, 2.75) is 13.3 Å². The van der Waals surface area contributed by atoms with E-state index in [4.69, 9.17) is 11.6 Å². The topological polar surface area (TPSA) is 37.8 Å². The van der Waals surface area contributed by atoms with Gasteiger partial charge in [-0.1, -0.05) is 23.7 Å². The summed E-state index contributed by atoms with van der Waals surface area (Å²) in [6.07, 6.45) is 2.49. The SMILES string of the molecule is CCNc1ccnc(Cc2ccc(Cl)cc2)n1. The third kappa shape index (κ3) is 3.43. The van der Waals surface area contributed by atoms with Gasteiger partial charge >= 0.3 is 0 Å². The third-order valence-corrected chi connectivity index (χ3v) is 2.59. The fraction of sp³-hybridized carbons (Fsp3) is 0.231. The zero-order valence-corrected chi connectivity index (χ0v) is 10.4. The summed E-state index contributed by atoms with van der Waals surface area (Å²) in [6, 6.07) is 9.61. The summed E-state index contributed by atoms with van der Waals surface area (Å²) in [5, 5.41) is 3.92. The quantitative estimate of drug-likeness (QED) is 0.902. The first-order valence-corrected chi connectivity index (χ1v) is 5.96.